The van der Waals surface area contributed by atoms with E-state index in [0.717, 1.165) is 45.3 Å². The summed E-state index contributed by atoms with van der Waals surface area (Å²) >= 11 is 6.13. The number of halogens is 1. The lowest BCUT2D eigenvalue weighted by molar-refractivity contribution is -0.139. The highest BCUT2D eigenvalue weighted by Gasteiger charge is 2.32. The molecule has 13 heteroatoms. The van der Waals surface area contributed by atoms with Gasteiger partial charge in [-0.3, -0.25) is 14.5 Å². The zero-order valence-corrected chi connectivity index (χ0v) is 27.2. The number of benzene rings is 1. The first kappa shape index (κ1) is 34.1. The SMILES string of the molecule is COc1cc(N)c(Cl)cc1C(=O)NC1CCN(CC2CCN(C(=O)COCC3COCCN3C(=O)OC(C)(C)C)CC2)CC1. The second-order valence-corrected chi connectivity index (χ2v) is 13.3. The molecule has 0 spiro atoms. The molecule has 4 rings (SSSR count). The lowest BCUT2D eigenvalue weighted by atomic mass is 9.94. The van der Waals surface area contributed by atoms with Crippen molar-refractivity contribution < 1.29 is 33.3 Å². The zero-order valence-electron chi connectivity index (χ0n) is 26.4. The molecule has 1 unspecified atom stereocenters. The van der Waals surface area contributed by atoms with Crippen LogP contribution in [0.2, 0.25) is 5.02 Å². The Bertz CT molecular complexity index is 1150. The van der Waals surface area contributed by atoms with Gasteiger partial charge < -0.3 is 39.8 Å². The maximum Gasteiger partial charge on any atom is 0.410 e. The van der Waals surface area contributed by atoms with E-state index >= 15 is 0 Å². The van der Waals surface area contributed by atoms with Gasteiger partial charge in [-0.05, 0) is 58.4 Å². The molecular formula is C31H48ClN5O7. The number of anilines is 1. The van der Waals surface area contributed by atoms with Gasteiger partial charge >= 0.3 is 6.09 Å². The summed E-state index contributed by atoms with van der Waals surface area (Å²) in [4.78, 5) is 44.3. The number of hydrogen-bond acceptors (Lipinski definition) is 9. The van der Waals surface area contributed by atoms with E-state index in [0.29, 0.717) is 60.8 Å². The molecule has 1 aromatic carbocycles. The Morgan fingerprint density at radius 3 is 2.43 bits per heavy atom. The fourth-order valence-corrected chi connectivity index (χ4v) is 6.06. The summed E-state index contributed by atoms with van der Waals surface area (Å²) < 4.78 is 22.1. The lowest BCUT2D eigenvalue weighted by Crippen LogP contribution is -2.52. The van der Waals surface area contributed by atoms with Crippen LogP contribution in [0.1, 0.15) is 56.8 Å². The fourth-order valence-electron chi connectivity index (χ4n) is 5.90. The maximum absolute atomic E-state index is 12.9. The van der Waals surface area contributed by atoms with Gasteiger partial charge in [0.1, 0.15) is 18.0 Å². The number of amides is 3. The van der Waals surface area contributed by atoms with E-state index in [2.05, 4.69) is 10.2 Å². The van der Waals surface area contributed by atoms with Crippen molar-refractivity contribution in [2.45, 2.75) is 64.1 Å². The second kappa shape index (κ2) is 15.5. The third-order valence-electron chi connectivity index (χ3n) is 8.36. The first-order chi connectivity index (χ1) is 20.9. The van der Waals surface area contributed by atoms with Crippen LogP contribution in [-0.2, 0) is 19.0 Å². The Hall–Kier alpha value is -2.80. The molecular weight excluding hydrogens is 590 g/mol. The monoisotopic (exact) mass is 637 g/mol. The third kappa shape index (κ3) is 9.60. The van der Waals surface area contributed by atoms with E-state index in [9.17, 15) is 14.4 Å². The minimum absolute atomic E-state index is 0.0169. The summed E-state index contributed by atoms with van der Waals surface area (Å²) in [6.07, 6.45) is 3.23. The number of nitrogen functional groups attached to an aromatic ring is 1. The molecule has 1 aromatic rings. The van der Waals surface area contributed by atoms with Crippen molar-refractivity contribution in [1.29, 1.82) is 0 Å². The average Bonchev–Trinajstić information content (AvgIpc) is 2.99. The minimum atomic E-state index is -0.583. The molecule has 3 aliphatic rings. The Balaban J connectivity index is 1.13. The number of nitrogens with zero attached hydrogens (tertiary/aromatic N) is 3. The van der Waals surface area contributed by atoms with Gasteiger partial charge in [0.25, 0.3) is 5.91 Å². The summed E-state index contributed by atoms with van der Waals surface area (Å²) in [5, 5.41) is 3.45. The molecule has 0 radical (unpaired) electrons. The Labute approximate surface area is 265 Å². The van der Waals surface area contributed by atoms with E-state index in [1.54, 1.807) is 17.0 Å². The van der Waals surface area contributed by atoms with Gasteiger partial charge in [0.2, 0.25) is 5.91 Å². The van der Waals surface area contributed by atoms with Crippen LogP contribution in [0.4, 0.5) is 10.5 Å². The van der Waals surface area contributed by atoms with E-state index in [4.69, 9.17) is 36.3 Å². The number of rotatable bonds is 9. The standard InChI is InChI=1S/C31H48ClN5O7/c1-31(2,3)44-30(40)37-13-14-42-18-23(37)19-43-20-28(38)36-11-5-21(6-12-36)17-35-9-7-22(8-10-35)34-29(39)24-15-25(32)26(33)16-27(24)41-4/h15-16,21-23H,5-14,17-20,33H2,1-4H3,(H,34,39). The highest BCUT2D eigenvalue weighted by Crippen LogP contribution is 2.29. The van der Waals surface area contributed by atoms with Crippen molar-refractivity contribution in [1.82, 2.24) is 20.0 Å². The highest BCUT2D eigenvalue weighted by molar-refractivity contribution is 6.33. The van der Waals surface area contributed by atoms with Gasteiger partial charge in [0, 0.05) is 51.4 Å². The van der Waals surface area contributed by atoms with Crippen molar-refractivity contribution in [3.63, 3.8) is 0 Å². The molecule has 44 heavy (non-hydrogen) atoms. The molecule has 0 saturated carbocycles. The Morgan fingerprint density at radius 1 is 1.07 bits per heavy atom. The van der Waals surface area contributed by atoms with Crippen LogP contribution in [0.25, 0.3) is 0 Å². The van der Waals surface area contributed by atoms with E-state index in [1.165, 1.54) is 7.11 Å². The number of methoxy groups -OCH3 is 1. The predicted molar refractivity (Wildman–Crippen MR) is 167 cm³/mol. The predicted octanol–water partition coefficient (Wildman–Crippen LogP) is 3.02. The van der Waals surface area contributed by atoms with Crippen LogP contribution in [0.3, 0.4) is 0 Å². The van der Waals surface area contributed by atoms with Gasteiger partial charge in [-0.1, -0.05) is 11.6 Å². The molecule has 1 atom stereocenters. The number of carbonyl (C=O) groups is 3. The fraction of sp³-hybridized carbons (Fsp3) is 0.710. The number of likely N-dealkylation sites (tertiary alicyclic amines) is 2. The number of morpholine rings is 1. The summed E-state index contributed by atoms with van der Waals surface area (Å²) in [6.45, 7) is 11.2. The van der Waals surface area contributed by atoms with Gasteiger partial charge in [0.05, 0.1) is 49.2 Å². The highest BCUT2D eigenvalue weighted by atomic mass is 35.5. The molecule has 3 saturated heterocycles. The topological polar surface area (TPSA) is 136 Å². The molecule has 12 nitrogen and oxygen atoms in total. The summed E-state index contributed by atoms with van der Waals surface area (Å²) in [7, 11) is 1.50. The molecule has 3 heterocycles. The summed E-state index contributed by atoms with van der Waals surface area (Å²) in [5.74, 6) is 0.686. The van der Waals surface area contributed by atoms with Crippen molar-refractivity contribution in [2.75, 3.05) is 78.5 Å². The summed E-state index contributed by atoms with van der Waals surface area (Å²) in [6, 6.07) is 2.92. The zero-order chi connectivity index (χ0) is 31.9. The number of hydrogen-bond donors (Lipinski definition) is 2. The van der Waals surface area contributed by atoms with Gasteiger partial charge in [-0.25, -0.2) is 4.79 Å². The molecule has 246 valence electrons. The van der Waals surface area contributed by atoms with Gasteiger partial charge in [0.15, 0.2) is 0 Å². The Kier molecular flexibility index (Phi) is 12.0. The van der Waals surface area contributed by atoms with Crippen molar-refractivity contribution in [3.8, 4) is 5.75 Å². The molecule has 3 N–H and O–H groups in total. The number of nitrogens with two attached hydrogens (primary N) is 1. The van der Waals surface area contributed by atoms with Crippen molar-refractivity contribution in [3.05, 3.63) is 22.7 Å². The van der Waals surface area contributed by atoms with E-state index < -0.39 is 5.60 Å². The van der Waals surface area contributed by atoms with Gasteiger partial charge in [-0.15, -0.1) is 0 Å². The van der Waals surface area contributed by atoms with Crippen LogP contribution in [0.5, 0.6) is 5.75 Å². The molecule has 0 bridgehead atoms. The van der Waals surface area contributed by atoms with Crippen LogP contribution < -0.4 is 15.8 Å². The van der Waals surface area contributed by atoms with E-state index in [1.807, 2.05) is 25.7 Å². The summed E-state index contributed by atoms with van der Waals surface area (Å²) in [5.41, 5.74) is 6.01. The third-order valence-corrected chi connectivity index (χ3v) is 8.69. The van der Waals surface area contributed by atoms with Gasteiger partial charge in [-0.2, -0.15) is 0 Å². The average molecular weight is 638 g/mol. The molecule has 0 aliphatic carbocycles. The molecule has 3 aliphatic heterocycles. The van der Waals surface area contributed by atoms with E-state index in [-0.39, 0.29) is 43.2 Å². The van der Waals surface area contributed by atoms with Crippen molar-refractivity contribution >= 4 is 35.2 Å². The van der Waals surface area contributed by atoms with Crippen LogP contribution in [0.15, 0.2) is 12.1 Å². The molecule has 3 fully saturated rings. The molecule has 3 amide bonds. The number of carbonyl (C=O) groups excluding carboxylic acids is 3. The smallest absolute Gasteiger partial charge is 0.410 e. The molecule has 0 aromatic heterocycles. The minimum Gasteiger partial charge on any atom is -0.496 e. The largest absolute Gasteiger partial charge is 0.496 e. The number of piperidine rings is 2. The number of nitrogens with one attached hydrogen (secondary N) is 1. The number of ether oxygens (including phenoxy) is 4. The maximum atomic E-state index is 12.9. The van der Waals surface area contributed by atoms with Crippen LogP contribution >= 0.6 is 11.6 Å². The second-order valence-electron chi connectivity index (χ2n) is 12.9. The van der Waals surface area contributed by atoms with Crippen molar-refractivity contribution in [2.24, 2.45) is 5.92 Å². The van der Waals surface area contributed by atoms with Crippen LogP contribution in [0, 0.1) is 5.92 Å². The lowest BCUT2D eigenvalue weighted by Gasteiger charge is -2.38. The first-order valence-corrected chi connectivity index (χ1v) is 15.9. The van der Waals surface area contributed by atoms with Crippen LogP contribution in [-0.4, -0.2) is 123 Å². The first-order valence-electron chi connectivity index (χ1n) is 15.5. The Morgan fingerprint density at radius 2 is 1.77 bits per heavy atom. The quantitative estimate of drug-likeness (QED) is 0.392. The normalized spacial score (nSPS) is 20.8.